The monoisotopic (exact) mass is 436 g/mol. The Balaban J connectivity index is 2.14. The Hall–Kier alpha value is -2.62. The Morgan fingerprint density at radius 3 is 1.22 bits per heavy atom. The van der Waals surface area contributed by atoms with E-state index in [0.29, 0.717) is 36.4 Å². The summed E-state index contributed by atoms with van der Waals surface area (Å²) in [5, 5.41) is 21.3. The van der Waals surface area contributed by atoms with Gasteiger partial charge in [0.25, 0.3) is 0 Å². The highest BCUT2D eigenvalue weighted by molar-refractivity contribution is 5.85. The van der Waals surface area contributed by atoms with E-state index in [2.05, 4.69) is 77.5 Å². The summed E-state index contributed by atoms with van der Waals surface area (Å²) in [6, 6.07) is 8.22. The lowest BCUT2D eigenvalue weighted by molar-refractivity contribution is 0.463. The second-order valence-corrected chi connectivity index (χ2v) is 9.79. The molecule has 0 aliphatic carbocycles. The van der Waals surface area contributed by atoms with Crippen LogP contribution in [0.2, 0.25) is 0 Å². The number of benzene rings is 2. The molecule has 0 spiro atoms. The third-order valence-electron chi connectivity index (χ3n) is 5.78. The highest BCUT2D eigenvalue weighted by atomic mass is 16.3. The highest BCUT2D eigenvalue weighted by Gasteiger charge is 2.14. The molecule has 4 heteroatoms. The minimum absolute atomic E-state index is 0.246. The number of rotatable bonds is 9. The number of nitrogens with zero attached hydrogens (tertiary/aromatic N) is 2. The fourth-order valence-corrected chi connectivity index (χ4v) is 3.59. The van der Waals surface area contributed by atoms with Crippen molar-refractivity contribution >= 4 is 12.4 Å². The summed E-state index contributed by atoms with van der Waals surface area (Å²) in [4.78, 5) is 8.97. The molecule has 2 N–H and O–H groups in total. The van der Waals surface area contributed by atoms with Crippen LogP contribution in [0.1, 0.15) is 112 Å². The van der Waals surface area contributed by atoms with Gasteiger partial charge in [-0.1, -0.05) is 67.5 Å². The van der Waals surface area contributed by atoms with Crippen molar-refractivity contribution in [2.75, 3.05) is 13.1 Å². The molecule has 0 amide bonds. The molecule has 0 radical (unpaired) electrons. The van der Waals surface area contributed by atoms with Crippen molar-refractivity contribution in [3.63, 3.8) is 0 Å². The van der Waals surface area contributed by atoms with Gasteiger partial charge in [-0.25, -0.2) is 0 Å². The third kappa shape index (κ3) is 6.44. The predicted octanol–water partition coefficient (Wildman–Crippen LogP) is 7.13. The Labute approximate surface area is 194 Å². The lowest BCUT2D eigenvalue weighted by Crippen LogP contribution is -1.99. The molecule has 32 heavy (non-hydrogen) atoms. The van der Waals surface area contributed by atoms with Gasteiger partial charge in [-0.15, -0.1) is 0 Å². The maximum Gasteiger partial charge on any atom is 0.127 e. The van der Waals surface area contributed by atoms with Crippen LogP contribution in [0.25, 0.3) is 0 Å². The summed E-state index contributed by atoms with van der Waals surface area (Å²) < 4.78 is 0. The van der Waals surface area contributed by atoms with Crippen molar-refractivity contribution in [3.05, 3.63) is 57.6 Å². The van der Waals surface area contributed by atoms with E-state index in [1.807, 2.05) is 12.1 Å². The number of phenols is 2. The number of hydrogen-bond acceptors (Lipinski definition) is 4. The Kier molecular flexibility index (Phi) is 9.06. The van der Waals surface area contributed by atoms with Crippen LogP contribution in [-0.4, -0.2) is 35.7 Å². The summed E-state index contributed by atoms with van der Waals surface area (Å²) in [6.45, 7) is 18.0. The number of aromatic hydroxyl groups is 2. The largest absolute Gasteiger partial charge is 0.507 e. The summed E-state index contributed by atoms with van der Waals surface area (Å²) in [5.74, 6) is 1.89. The van der Waals surface area contributed by atoms with Gasteiger partial charge in [-0.2, -0.15) is 0 Å². The number of aliphatic imine (C=N–C) groups is 2. The third-order valence-corrected chi connectivity index (χ3v) is 5.78. The molecule has 0 unspecified atom stereocenters. The van der Waals surface area contributed by atoms with Gasteiger partial charge in [0.15, 0.2) is 0 Å². The molecule has 2 aromatic rings. The fourth-order valence-electron chi connectivity index (χ4n) is 3.59. The zero-order valence-electron chi connectivity index (χ0n) is 21.0. The molecular weight excluding hydrogens is 396 g/mol. The summed E-state index contributed by atoms with van der Waals surface area (Å²) in [6.07, 6.45) is 3.49. The maximum atomic E-state index is 10.6. The van der Waals surface area contributed by atoms with E-state index in [4.69, 9.17) is 0 Å². The predicted molar refractivity (Wildman–Crippen MR) is 137 cm³/mol. The molecule has 174 valence electrons. The fraction of sp³-hybridized carbons (Fsp3) is 0.500. The van der Waals surface area contributed by atoms with Gasteiger partial charge in [0.05, 0.1) is 13.1 Å². The van der Waals surface area contributed by atoms with Crippen LogP contribution in [-0.2, 0) is 0 Å². The highest BCUT2D eigenvalue weighted by Crippen LogP contribution is 2.33. The van der Waals surface area contributed by atoms with Crippen molar-refractivity contribution in [1.82, 2.24) is 0 Å². The molecule has 2 rings (SSSR count). The second kappa shape index (κ2) is 11.3. The van der Waals surface area contributed by atoms with Crippen LogP contribution in [0, 0.1) is 0 Å². The lowest BCUT2D eigenvalue weighted by Gasteiger charge is -2.15. The molecule has 0 bridgehead atoms. The first-order valence-electron chi connectivity index (χ1n) is 11.8. The van der Waals surface area contributed by atoms with Gasteiger partial charge in [-0.05, 0) is 58.1 Å². The molecule has 0 atom stereocenters. The lowest BCUT2D eigenvalue weighted by atomic mass is 9.92. The zero-order chi connectivity index (χ0) is 24.0. The van der Waals surface area contributed by atoms with Crippen molar-refractivity contribution < 1.29 is 10.2 Å². The maximum absolute atomic E-state index is 10.6. The topological polar surface area (TPSA) is 65.2 Å². The Bertz CT molecular complexity index is 890. The Morgan fingerprint density at radius 2 is 0.938 bits per heavy atom. The SMILES string of the molecule is CC(C)c1cc(C=NCCN=Cc2cc(C(C)C)cc(C(C)C)c2O)c(O)c(C(C)C)c1. The van der Waals surface area contributed by atoms with Crippen molar-refractivity contribution in [2.24, 2.45) is 9.98 Å². The first-order valence-corrected chi connectivity index (χ1v) is 11.8. The van der Waals surface area contributed by atoms with E-state index in [-0.39, 0.29) is 11.8 Å². The van der Waals surface area contributed by atoms with Gasteiger partial charge in [0.2, 0.25) is 0 Å². The van der Waals surface area contributed by atoms with Crippen LogP contribution >= 0.6 is 0 Å². The standard InChI is InChI=1S/C28H40N2O2/c1-17(2)21-11-23(27(31)25(13-21)19(5)6)15-29-9-10-30-16-24-12-22(18(3)4)14-26(20(7)8)28(24)32/h11-20,31-32H,9-10H2,1-8H3. The van der Waals surface area contributed by atoms with Crippen LogP contribution in [0.5, 0.6) is 11.5 Å². The van der Waals surface area contributed by atoms with Gasteiger partial charge < -0.3 is 10.2 Å². The summed E-state index contributed by atoms with van der Waals surface area (Å²) >= 11 is 0. The zero-order valence-corrected chi connectivity index (χ0v) is 21.0. The van der Waals surface area contributed by atoms with Crippen LogP contribution < -0.4 is 0 Å². The van der Waals surface area contributed by atoms with Gasteiger partial charge in [0, 0.05) is 23.6 Å². The van der Waals surface area contributed by atoms with Crippen molar-refractivity contribution in [2.45, 2.75) is 79.1 Å². The average Bonchev–Trinajstić information content (AvgIpc) is 2.71. The van der Waals surface area contributed by atoms with E-state index in [1.165, 1.54) is 11.1 Å². The van der Waals surface area contributed by atoms with E-state index < -0.39 is 0 Å². The quantitative estimate of drug-likeness (QED) is 0.324. The first-order chi connectivity index (χ1) is 15.0. The molecular formula is C28H40N2O2. The van der Waals surface area contributed by atoms with E-state index in [1.54, 1.807) is 12.4 Å². The molecule has 0 saturated heterocycles. The molecule has 0 heterocycles. The molecule has 0 aromatic heterocycles. The summed E-state index contributed by atoms with van der Waals surface area (Å²) in [5.41, 5.74) is 5.83. The number of hydrogen-bond donors (Lipinski definition) is 2. The van der Waals surface area contributed by atoms with Gasteiger partial charge in [-0.3, -0.25) is 9.98 Å². The average molecular weight is 437 g/mol. The second-order valence-electron chi connectivity index (χ2n) is 9.79. The van der Waals surface area contributed by atoms with E-state index in [0.717, 1.165) is 22.3 Å². The van der Waals surface area contributed by atoms with Gasteiger partial charge in [0.1, 0.15) is 11.5 Å². The normalized spacial score (nSPS) is 12.5. The van der Waals surface area contributed by atoms with Crippen LogP contribution in [0.15, 0.2) is 34.3 Å². The van der Waals surface area contributed by atoms with E-state index >= 15 is 0 Å². The molecule has 0 aliphatic rings. The Morgan fingerprint density at radius 1 is 0.594 bits per heavy atom. The van der Waals surface area contributed by atoms with Crippen molar-refractivity contribution in [1.29, 1.82) is 0 Å². The van der Waals surface area contributed by atoms with Crippen LogP contribution in [0.4, 0.5) is 0 Å². The van der Waals surface area contributed by atoms with E-state index in [9.17, 15) is 10.2 Å². The summed E-state index contributed by atoms with van der Waals surface area (Å²) in [7, 11) is 0. The molecule has 0 aliphatic heterocycles. The minimum atomic E-state index is 0.246. The smallest absolute Gasteiger partial charge is 0.127 e. The van der Waals surface area contributed by atoms with Crippen molar-refractivity contribution in [3.8, 4) is 11.5 Å². The molecule has 0 saturated carbocycles. The molecule has 0 fully saturated rings. The number of phenolic OH excluding ortho intramolecular Hbond substituents is 2. The van der Waals surface area contributed by atoms with Crippen LogP contribution in [0.3, 0.4) is 0 Å². The first kappa shape index (κ1) is 25.6. The molecule has 4 nitrogen and oxygen atoms in total. The minimum Gasteiger partial charge on any atom is -0.507 e. The van der Waals surface area contributed by atoms with Gasteiger partial charge >= 0.3 is 0 Å². The molecule has 2 aromatic carbocycles.